The van der Waals surface area contributed by atoms with Gasteiger partial charge in [0.1, 0.15) is 5.75 Å². The van der Waals surface area contributed by atoms with Crippen molar-refractivity contribution in [1.29, 1.82) is 0 Å². The van der Waals surface area contributed by atoms with E-state index >= 15 is 0 Å². The van der Waals surface area contributed by atoms with Gasteiger partial charge < -0.3 is 4.74 Å². The van der Waals surface area contributed by atoms with Crippen LogP contribution in [0.25, 0.3) is 0 Å². The van der Waals surface area contributed by atoms with E-state index in [0.29, 0.717) is 5.75 Å². The van der Waals surface area contributed by atoms with Crippen LogP contribution in [-0.2, 0) is 10.0 Å². The fourth-order valence-corrected chi connectivity index (χ4v) is 3.13. The number of hydrogen-bond acceptors (Lipinski definition) is 3. The molecule has 0 aliphatic rings. The van der Waals surface area contributed by atoms with Crippen LogP contribution in [0.3, 0.4) is 0 Å². The van der Waals surface area contributed by atoms with Crippen LogP contribution in [0.4, 0.5) is 0 Å². The molecular formula is C15H17NO3S. The van der Waals surface area contributed by atoms with Gasteiger partial charge in [-0.3, -0.25) is 0 Å². The molecule has 0 aliphatic carbocycles. The average molecular weight is 291 g/mol. The van der Waals surface area contributed by atoms with Gasteiger partial charge in [-0.1, -0.05) is 30.3 Å². The lowest BCUT2D eigenvalue weighted by atomic mass is 10.1. The van der Waals surface area contributed by atoms with Crippen molar-refractivity contribution in [2.75, 3.05) is 7.11 Å². The molecule has 4 nitrogen and oxygen atoms in total. The van der Waals surface area contributed by atoms with Crippen LogP contribution < -0.4 is 9.46 Å². The summed E-state index contributed by atoms with van der Waals surface area (Å²) in [6, 6.07) is 15.3. The van der Waals surface area contributed by atoms with Crippen LogP contribution in [-0.4, -0.2) is 15.5 Å². The van der Waals surface area contributed by atoms with Gasteiger partial charge in [0.05, 0.1) is 12.0 Å². The van der Waals surface area contributed by atoms with Crippen molar-refractivity contribution in [3.8, 4) is 5.75 Å². The summed E-state index contributed by atoms with van der Waals surface area (Å²) < 4.78 is 32.3. The molecule has 1 N–H and O–H groups in total. The van der Waals surface area contributed by atoms with Crippen LogP contribution in [0.5, 0.6) is 5.75 Å². The van der Waals surface area contributed by atoms with E-state index in [1.807, 2.05) is 24.3 Å². The molecule has 1 atom stereocenters. The Bertz CT molecular complexity index is 669. The molecule has 2 rings (SSSR count). The molecule has 0 heterocycles. The topological polar surface area (TPSA) is 55.4 Å². The smallest absolute Gasteiger partial charge is 0.241 e. The Kier molecular flexibility index (Phi) is 4.42. The molecular weight excluding hydrogens is 274 g/mol. The molecule has 0 aromatic heterocycles. The van der Waals surface area contributed by atoms with Gasteiger partial charge in [0.15, 0.2) is 0 Å². The fourth-order valence-electron chi connectivity index (χ4n) is 1.88. The van der Waals surface area contributed by atoms with Gasteiger partial charge in [-0.25, -0.2) is 13.1 Å². The lowest BCUT2D eigenvalue weighted by Crippen LogP contribution is -2.26. The van der Waals surface area contributed by atoms with Gasteiger partial charge in [-0.2, -0.15) is 0 Å². The highest BCUT2D eigenvalue weighted by molar-refractivity contribution is 7.89. The average Bonchev–Trinajstić information content (AvgIpc) is 2.48. The van der Waals surface area contributed by atoms with Gasteiger partial charge in [-0.05, 0) is 36.8 Å². The van der Waals surface area contributed by atoms with Gasteiger partial charge in [0.25, 0.3) is 0 Å². The second-order valence-corrected chi connectivity index (χ2v) is 6.15. The van der Waals surface area contributed by atoms with Gasteiger partial charge in [0.2, 0.25) is 10.0 Å². The standard InChI is InChI=1S/C15H17NO3S/c1-12(13-7-6-8-14(11-13)19-2)16-20(17,18)15-9-4-3-5-10-15/h3-12,16H,1-2H3. The summed E-state index contributed by atoms with van der Waals surface area (Å²) in [5, 5.41) is 0. The Hall–Kier alpha value is -1.85. The predicted molar refractivity (Wildman–Crippen MR) is 78.2 cm³/mol. The Balaban J connectivity index is 2.21. The molecule has 0 aliphatic heterocycles. The predicted octanol–water partition coefficient (Wildman–Crippen LogP) is 2.73. The van der Waals surface area contributed by atoms with E-state index in [0.717, 1.165) is 5.56 Å². The highest BCUT2D eigenvalue weighted by Gasteiger charge is 2.18. The number of ether oxygens (including phenoxy) is 1. The molecule has 0 fully saturated rings. The molecule has 1 unspecified atom stereocenters. The van der Waals surface area contributed by atoms with Gasteiger partial charge >= 0.3 is 0 Å². The molecule has 0 saturated carbocycles. The van der Waals surface area contributed by atoms with E-state index in [9.17, 15) is 8.42 Å². The molecule has 20 heavy (non-hydrogen) atoms. The highest BCUT2D eigenvalue weighted by atomic mass is 32.2. The molecule has 2 aromatic rings. The van der Waals surface area contributed by atoms with Crippen molar-refractivity contribution >= 4 is 10.0 Å². The summed E-state index contributed by atoms with van der Waals surface area (Å²) in [7, 11) is -1.94. The van der Waals surface area contributed by atoms with Crippen LogP contribution in [0, 0.1) is 0 Å². The van der Waals surface area contributed by atoms with E-state index in [-0.39, 0.29) is 10.9 Å². The lowest BCUT2D eigenvalue weighted by Gasteiger charge is -2.15. The number of hydrogen-bond donors (Lipinski definition) is 1. The number of methoxy groups -OCH3 is 1. The minimum absolute atomic E-state index is 0.259. The molecule has 0 amide bonds. The first-order valence-electron chi connectivity index (χ1n) is 6.24. The van der Waals surface area contributed by atoms with E-state index < -0.39 is 10.0 Å². The first-order valence-corrected chi connectivity index (χ1v) is 7.72. The third kappa shape index (κ3) is 3.37. The monoisotopic (exact) mass is 291 g/mol. The normalized spacial score (nSPS) is 12.9. The van der Waals surface area contributed by atoms with Crippen LogP contribution >= 0.6 is 0 Å². The van der Waals surface area contributed by atoms with E-state index in [1.165, 1.54) is 0 Å². The fraction of sp³-hybridized carbons (Fsp3) is 0.200. The summed E-state index contributed by atoms with van der Waals surface area (Å²) in [4.78, 5) is 0.259. The lowest BCUT2D eigenvalue weighted by molar-refractivity contribution is 0.413. The number of rotatable bonds is 5. The number of sulfonamides is 1. The van der Waals surface area contributed by atoms with Crippen molar-refractivity contribution in [2.45, 2.75) is 17.9 Å². The number of nitrogens with one attached hydrogen (secondary N) is 1. The second-order valence-electron chi connectivity index (χ2n) is 4.43. The first-order chi connectivity index (χ1) is 9.53. The van der Waals surface area contributed by atoms with Crippen molar-refractivity contribution in [2.24, 2.45) is 0 Å². The zero-order valence-corrected chi connectivity index (χ0v) is 12.2. The zero-order valence-electron chi connectivity index (χ0n) is 11.4. The summed E-state index contributed by atoms with van der Waals surface area (Å²) in [6.07, 6.45) is 0. The largest absolute Gasteiger partial charge is 0.497 e. The van der Waals surface area contributed by atoms with Gasteiger partial charge in [0, 0.05) is 6.04 Å². The molecule has 2 aromatic carbocycles. The Morgan fingerprint density at radius 1 is 1.05 bits per heavy atom. The summed E-state index contributed by atoms with van der Waals surface area (Å²) in [5.74, 6) is 0.702. The molecule has 0 saturated heterocycles. The Morgan fingerprint density at radius 3 is 2.40 bits per heavy atom. The quantitative estimate of drug-likeness (QED) is 0.921. The van der Waals surface area contributed by atoms with Crippen LogP contribution in [0.1, 0.15) is 18.5 Å². The molecule has 0 spiro atoms. The third-order valence-corrected chi connectivity index (χ3v) is 4.54. The van der Waals surface area contributed by atoms with Crippen molar-refractivity contribution in [1.82, 2.24) is 4.72 Å². The van der Waals surface area contributed by atoms with E-state index in [1.54, 1.807) is 44.4 Å². The Labute approximate surface area is 119 Å². The first kappa shape index (κ1) is 14.6. The van der Waals surface area contributed by atoms with Crippen LogP contribution in [0.15, 0.2) is 59.5 Å². The summed E-state index contributed by atoms with van der Waals surface area (Å²) in [6.45, 7) is 1.80. The van der Waals surface area contributed by atoms with Crippen molar-refractivity contribution in [3.05, 3.63) is 60.2 Å². The molecule has 0 radical (unpaired) electrons. The Morgan fingerprint density at radius 2 is 1.75 bits per heavy atom. The van der Waals surface area contributed by atoms with Crippen LogP contribution in [0.2, 0.25) is 0 Å². The van der Waals surface area contributed by atoms with E-state index in [2.05, 4.69) is 4.72 Å². The van der Waals surface area contributed by atoms with Crippen molar-refractivity contribution < 1.29 is 13.2 Å². The zero-order chi connectivity index (χ0) is 14.6. The molecule has 0 bridgehead atoms. The maximum atomic E-state index is 12.2. The van der Waals surface area contributed by atoms with Crippen molar-refractivity contribution in [3.63, 3.8) is 0 Å². The minimum Gasteiger partial charge on any atom is -0.497 e. The second kappa shape index (κ2) is 6.07. The maximum absolute atomic E-state index is 12.2. The van der Waals surface area contributed by atoms with E-state index in [4.69, 9.17) is 4.74 Å². The minimum atomic E-state index is -3.52. The molecule has 106 valence electrons. The third-order valence-electron chi connectivity index (χ3n) is 2.98. The SMILES string of the molecule is COc1cccc(C(C)NS(=O)(=O)c2ccccc2)c1. The highest BCUT2D eigenvalue weighted by Crippen LogP contribution is 2.20. The summed E-state index contributed by atoms with van der Waals surface area (Å²) >= 11 is 0. The molecule has 5 heteroatoms. The van der Waals surface area contributed by atoms with Gasteiger partial charge in [-0.15, -0.1) is 0 Å². The maximum Gasteiger partial charge on any atom is 0.241 e. The summed E-state index contributed by atoms with van der Waals surface area (Å²) in [5.41, 5.74) is 0.851. The number of benzene rings is 2.